The number of rotatable bonds is 4. The van der Waals surface area contributed by atoms with E-state index < -0.39 is 0 Å². The van der Waals surface area contributed by atoms with Crippen molar-refractivity contribution in [3.8, 4) is 0 Å². The summed E-state index contributed by atoms with van der Waals surface area (Å²) in [6, 6.07) is 2.61. The van der Waals surface area contributed by atoms with E-state index >= 15 is 0 Å². The molecule has 2 aliphatic carbocycles. The predicted molar refractivity (Wildman–Crippen MR) is 79.6 cm³/mol. The van der Waals surface area contributed by atoms with Crippen LogP contribution in [0.4, 0.5) is 0 Å². The molecule has 2 saturated carbocycles. The highest BCUT2D eigenvalue weighted by Crippen LogP contribution is 2.43. The standard InChI is InChI=1S/C17H26N2O/c1-17(2)10-5-8-15(17)16(20)12-13-9-11-19(18-13)14-6-3-4-7-14/h9,11,14-15H,3-8,10,12H2,1-2H3. The molecule has 2 aliphatic rings. The van der Waals surface area contributed by atoms with Crippen LogP contribution < -0.4 is 0 Å². The lowest BCUT2D eigenvalue weighted by atomic mass is 9.78. The molecule has 2 fully saturated rings. The van der Waals surface area contributed by atoms with Crippen molar-refractivity contribution >= 4 is 5.78 Å². The zero-order chi connectivity index (χ0) is 14.2. The van der Waals surface area contributed by atoms with Gasteiger partial charge in [0.05, 0.1) is 18.2 Å². The van der Waals surface area contributed by atoms with Crippen molar-refractivity contribution in [1.82, 2.24) is 9.78 Å². The fraction of sp³-hybridized carbons (Fsp3) is 0.765. The Labute approximate surface area is 121 Å². The van der Waals surface area contributed by atoms with Crippen LogP contribution in [0.25, 0.3) is 0 Å². The van der Waals surface area contributed by atoms with Crippen molar-refractivity contribution in [1.29, 1.82) is 0 Å². The largest absolute Gasteiger partial charge is 0.299 e. The lowest BCUT2D eigenvalue weighted by molar-refractivity contribution is -0.124. The number of Topliss-reactive ketones (excluding diaryl/α,β-unsaturated/α-hetero) is 1. The number of hydrogen-bond acceptors (Lipinski definition) is 2. The molecular weight excluding hydrogens is 248 g/mol. The smallest absolute Gasteiger partial charge is 0.142 e. The first-order valence-corrected chi connectivity index (χ1v) is 8.13. The Hall–Kier alpha value is -1.12. The van der Waals surface area contributed by atoms with Gasteiger partial charge in [0.25, 0.3) is 0 Å². The van der Waals surface area contributed by atoms with Crippen LogP contribution in [0.2, 0.25) is 0 Å². The Balaban J connectivity index is 1.64. The summed E-state index contributed by atoms with van der Waals surface area (Å²) in [4.78, 5) is 12.5. The highest BCUT2D eigenvalue weighted by Gasteiger charge is 2.38. The maximum Gasteiger partial charge on any atom is 0.142 e. The van der Waals surface area contributed by atoms with E-state index in [-0.39, 0.29) is 11.3 Å². The monoisotopic (exact) mass is 274 g/mol. The zero-order valence-electron chi connectivity index (χ0n) is 12.8. The average molecular weight is 274 g/mol. The van der Waals surface area contributed by atoms with E-state index in [1.54, 1.807) is 0 Å². The summed E-state index contributed by atoms with van der Waals surface area (Å²) < 4.78 is 2.09. The second kappa shape index (κ2) is 5.34. The number of hydrogen-bond donors (Lipinski definition) is 0. The van der Waals surface area contributed by atoms with Gasteiger partial charge in [-0.05, 0) is 37.2 Å². The third kappa shape index (κ3) is 2.68. The van der Waals surface area contributed by atoms with Gasteiger partial charge in [0.1, 0.15) is 5.78 Å². The Kier molecular flexibility index (Phi) is 3.70. The van der Waals surface area contributed by atoms with Crippen molar-refractivity contribution in [2.75, 3.05) is 0 Å². The van der Waals surface area contributed by atoms with E-state index in [1.807, 2.05) is 6.07 Å². The molecule has 0 aromatic carbocycles. The van der Waals surface area contributed by atoms with Gasteiger partial charge in [-0.1, -0.05) is 33.1 Å². The third-order valence-corrected chi connectivity index (χ3v) is 5.36. The van der Waals surface area contributed by atoms with Crippen molar-refractivity contribution in [2.24, 2.45) is 11.3 Å². The summed E-state index contributed by atoms with van der Waals surface area (Å²) >= 11 is 0. The van der Waals surface area contributed by atoms with Gasteiger partial charge in [0.15, 0.2) is 0 Å². The molecule has 1 atom stereocenters. The van der Waals surface area contributed by atoms with Gasteiger partial charge in [0, 0.05) is 12.1 Å². The van der Waals surface area contributed by atoms with E-state index in [2.05, 4.69) is 29.8 Å². The van der Waals surface area contributed by atoms with Crippen LogP contribution in [-0.2, 0) is 11.2 Å². The number of aromatic nitrogens is 2. The predicted octanol–water partition coefficient (Wildman–Crippen LogP) is 3.94. The summed E-state index contributed by atoms with van der Waals surface area (Å²) in [7, 11) is 0. The zero-order valence-corrected chi connectivity index (χ0v) is 12.8. The van der Waals surface area contributed by atoms with E-state index in [9.17, 15) is 4.79 Å². The molecule has 1 aromatic heterocycles. The van der Waals surface area contributed by atoms with Crippen LogP contribution >= 0.6 is 0 Å². The maximum atomic E-state index is 12.5. The molecule has 20 heavy (non-hydrogen) atoms. The van der Waals surface area contributed by atoms with Gasteiger partial charge < -0.3 is 0 Å². The van der Waals surface area contributed by atoms with Crippen LogP contribution in [0.15, 0.2) is 12.3 Å². The normalized spacial score (nSPS) is 26.2. The molecule has 0 spiro atoms. The molecule has 0 aliphatic heterocycles. The molecule has 1 unspecified atom stereocenters. The van der Waals surface area contributed by atoms with Gasteiger partial charge in [-0.2, -0.15) is 5.10 Å². The number of ketones is 1. The molecule has 1 heterocycles. The Bertz CT molecular complexity index is 483. The van der Waals surface area contributed by atoms with Gasteiger partial charge in [-0.25, -0.2) is 0 Å². The average Bonchev–Trinajstić information content (AvgIpc) is 3.07. The summed E-state index contributed by atoms with van der Waals surface area (Å²) in [5.41, 5.74) is 1.15. The first-order valence-electron chi connectivity index (χ1n) is 8.13. The molecule has 3 rings (SSSR count). The third-order valence-electron chi connectivity index (χ3n) is 5.36. The quantitative estimate of drug-likeness (QED) is 0.833. The lowest BCUT2D eigenvalue weighted by Crippen LogP contribution is -2.27. The minimum Gasteiger partial charge on any atom is -0.299 e. The van der Waals surface area contributed by atoms with E-state index in [1.165, 1.54) is 38.5 Å². The van der Waals surface area contributed by atoms with Gasteiger partial charge in [-0.15, -0.1) is 0 Å². The molecule has 0 N–H and O–H groups in total. The molecule has 0 saturated heterocycles. The minimum atomic E-state index is 0.186. The fourth-order valence-corrected chi connectivity index (χ4v) is 4.07. The van der Waals surface area contributed by atoms with Crippen molar-refractivity contribution < 1.29 is 4.79 Å². The summed E-state index contributed by atoms with van der Waals surface area (Å²) in [6.45, 7) is 4.47. The van der Waals surface area contributed by atoms with Gasteiger partial charge in [0.2, 0.25) is 0 Å². The van der Waals surface area contributed by atoms with E-state index in [4.69, 9.17) is 0 Å². The van der Waals surface area contributed by atoms with Gasteiger partial charge >= 0.3 is 0 Å². The molecule has 1 aromatic rings. The van der Waals surface area contributed by atoms with E-state index in [0.29, 0.717) is 18.2 Å². The Morgan fingerprint density at radius 2 is 2.05 bits per heavy atom. The van der Waals surface area contributed by atoms with Crippen LogP contribution in [0.1, 0.15) is 70.5 Å². The molecule has 0 bridgehead atoms. The fourth-order valence-electron chi connectivity index (χ4n) is 4.07. The molecule has 3 nitrogen and oxygen atoms in total. The lowest BCUT2D eigenvalue weighted by Gasteiger charge is -2.25. The molecule has 0 amide bonds. The minimum absolute atomic E-state index is 0.186. The van der Waals surface area contributed by atoms with Crippen LogP contribution in [-0.4, -0.2) is 15.6 Å². The van der Waals surface area contributed by atoms with Crippen molar-refractivity contribution in [3.63, 3.8) is 0 Å². The van der Waals surface area contributed by atoms with Crippen molar-refractivity contribution in [3.05, 3.63) is 18.0 Å². The highest BCUT2D eigenvalue weighted by atomic mass is 16.1. The van der Waals surface area contributed by atoms with E-state index in [0.717, 1.165) is 12.1 Å². The molecule has 0 radical (unpaired) electrons. The number of carbonyl (C=O) groups is 1. The van der Waals surface area contributed by atoms with Crippen LogP contribution in [0.5, 0.6) is 0 Å². The molecular formula is C17H26N2O. The maximum absolute atomic E-state index is 12.5. The van der Waals surface area contributed by atoms with Crippen molar-refractivity contribution in [2.45, 2.75) is 71.3 Å². The topological polar surface area (TPSA) is 34.9 Å². The summed E-state index contributed by atoms with van der Waals surface area (Å²) in [5, 5.41) is 4.65. The van der Waals surface area contributed by atoms with Crippen LogP contribution in [0.3, 0.4) is 0 Å². The second-order valence-electron chi connectivity index (χ2n) is 7.30. The second-order valence-corrected chi connectivity index (χ2v) is 7.30. The first kappa shape index (κ1) is 13.8. The Morgan fingerprint density at radius 3 is 2.70 bits per heavy atom. The number of nitrogens with zero attached hydrogens (tertiary/aromatic N) is 2. The Morgan fingerprint density at radius 1 is 1.30 bits per heavy atom. The summed E-state index contributed by atoms with van der Waals surface area (Å²) in [5.74, 6) is 0.628. The number of carbonyl (C=O) groups excluding carboxylic acids is 1. The highest BCUT2D eigenvalue weighted by molar-refractivity contribution is 5.83. The summed E-state index contributed by atoms with van der Waals surface area (Å²) in [6.07, 6.45) is 11.1. The molecule has 3 heteroatoms. The van der Waals surface area contributed by atoms with Crippen LogP contribution in [0, 0.1) is 11.3 Å². The van der Waals surface area contributed by atoms with Gasteiger partial charge in [-0.3, -0.25) is 9.48 Å². The molecule has 110 valence electrons. The SMILES string of the molecule is CC1(C)CCCC1C(=O)Cc1ccn(C2CCCC2)n1. The first-order chi connectivity index (χ1) is 9.56.